The first kappa shape index (κ1) is 20.4. The Morgan fingerprint density at radius 2 is 1.73 bits per heavy atom. The highest BCUT2D eigenvalue weighted by atomic mass is 19.1. The van der Waals surface area contributed by atoms with Gasteiger partial charge in [0.05, 0.1) is 11.0 Å². The fraction of sp³-hybridized carbons (Fsp3) is 0.720. The van der Waals surface area contributed by atoms with Gasteiger partial charge in [0.25, 0.3) is 0 Å². The van der Waals surface area contributed by atoms with Crippen LogP contribution in [0.25, 0.3) is 11.0 Å². The van der Waals surface area contributed by atoms with Gasteiger partial charge in [-0.15, -0.1) is 0 Å². The minimum atomic E-state index is -0.183. The Balaban J connectivity index is 1.30. The van der Waals surface area contributed by atoms with E-state index in [1.54, 1.807) is 12.1 Å². The van der Waals surface area contributed by atoms with Gasteiger partial charge in [-0.3, -0.25) is 0 Å². The molecule has 1 aliphatic carbocycles. The van der Waals surface area contributed by atoms with Crippen LogP contribution in [0.15, 0.2) is 18.2 Å². The lowest BCUT2D eigenvalue weighted by Crippen LogP contribution is -2.38. The summed E-state index contributed by atoms with van der Waals surface area (Å²) in [6, 6.07) is 5.65. The van der Waals surface area contributed by atoms with Gasteiger partial charge in [0.15, 0.2) is 0 Å². The van der Waals surface area contributed by atoms with Crippen molar-refractivity contribution in [1.29, 1.82) is 0 Å². The Hall–Kier alpha value is -1.46. The normalized spacial score (nSPS) is 25.6. The fourth-order valence-corrected chi connectivity index (χ4v) is 6.09. The first-order valence-electron chi connectivity index (χ1n) is 12.4. The average Bonchev–Trinajstić information content (AvgIpc) is 3.38. The number of benzene rings is 1. The summed E-state index contributed by atoms with van der Waals surface area (Å²) in [5, 5.41) is 3.48. The summed E-state index contributed by atoms with van der Waals surface area (Å²) >= 11 is 0. The average molecular weight is 413 g/mol. The fourth-order valence-electron chi connectivity index (χ4n) is 6.09. The highest BCUT2D eigenvalue weighted by Crippen LogP contribution is 2.34. The summed E-state index contributed by atoms with van der Waals surface area (Å²) in [5.41, 5.74) is 1.95. The number of likely N-dealkylation sites (tertiary alicyclic amines) is 1. The van der Waals surface area contributed by atoms with Gasteiger partial charge in [-0.05, 0) is 56.7 Å². The van der Waals surface area contributed by atoms with E-state index in [2.05, 4.69) is 14.8 Å². The molecule has 5 rings (SSSR count). The number of hydrogen-bond donors (Lipinski definition) is 1. The molecule has 4 nitrogen and oxygen atoms in total. The van der Waals surface area contributed by atoms with Crippen molar-refractivity contribution in [2.45, 2.75) is 76.2 Å². The molecule has 5 heteroatoms. The Morgan fingerprint density at radius 1 is 0.967 bits per heavy atom. The van der Waals surface area contributed by atoms with Crippen LogP contribution in [0.5, 0.6) is 0 Å². The summed E-state index contributed by atoms with van der Waals surface area (Å²) in [6.45, 7) is 5.71. The van der Waals surface area contributed by atoms with E-state index in [1.165, 1.54) is 83.2 Å². The maximum atomic E-state index is 13.9. The zero-order valence-electron chi connectivity index (χ0n) is 18.3. The van der Waals surface area contributed by atoms with Crippen molar-refractivity contribution in [3.63, 3.8) is 0 Å². The predicted octanol–water partition coefficient (Wildman–Crippen LogP) is 5.25. The highest BCUT2D eigenvalue weighted by molar-refractivity contribution is 5.76. The van der Waals surface area contributed by atoms with Gasteiger partial charge in [0.1, 0.15) is 11.6 Å². The molecule has 164 valence electrons. The van der Waals surface area contributed by atoms with Crippen molar-refractivity contribution in [3.05, 3.63) is 29.8 Å². The lowest BCUT2D eigenvalue weighted by Gasteiger charge is -2.36. The van der Waals surface area contributed by atoms with Crippen LogP contribution in [0.2, 0.25) is 0 Å². The second-order valence-electron chi connectivity index (χ2n) is 9.91. The highest BCUT2D eigenvalue weighted by Gasteiger charge is 2.30. The lowest BCUT2D eigenvalue weighted by atomic mass is 9.90. The summed E-state index contributed by atoms with van der Waals surface area (Å²) in [7, 11) is 0. The van der Waals surface area contributed by atoms with Crippen LogP contribution in [-0.4, -0.2) is 47.2 Å². The summed E-state index contributed by atoms with van der Waals surface area (Å²) in [4.78, 5) is 7.65. The van der Waals surface area contributed by atoms with Crippen LogP contribution < -0.4 is 5.32 Å². The topological polar surface area (TPSA) is 33.1 Å². The third-order valence-electron chi connectivity index (χ3n) is 7.77. The Labute approximate surface area is 180 Å². The van der Waals surface area contributed by atoms with Crippen LogP contribution >= 0.6 is 0 Å². The third kappa shape index (κ3) is 4.43. The van der Waals surface area contributed by atoms with Gasteiger partial charge in [-0.25, -0.2) is 9.37 Å². The number of fused-ring (bicyclic) bond motifs is 1. The van der Waals surface area contributed by atoms with Gasteiger partial charge in [-0.1, -0.05) is 32.1 Å². The smallest absolute Gasteiger partial charge is 0.125 e. The van der Waals surface area contributed by atoms with E-state index >= 15 is 0 Å². The summed E-state index contributed by atoms with van der Waals surface area (Å²) in [5.74, 6) is 2.35. The van der Waals surface area contributed by atoms with Gasteiger partial charge >= 0.3 is 0 Å². The number of imidazole rings is 1. The number of piperidine rings is 1. The number of nitrogens with one attached hydrogen (secondary N) is 1. The minimum Gasteiger partial charge on any atom is -0.324 e. The molecule has 0 bridgehead atoms. The monoisotopic (exact) mass is 412 g/mol. The molecule has 3 fully saturated rings. The SMILES string of the molecule is Fc1ccc2c(c1)nc(C1CCNC1)n2C1CCN(CC2CCCCCCC2)CC1. The van der Waals surface area contributed by atoms with Crippen LogP contribution in [-0.2, 0) is 0 Å². The molecule has 1 atom stereocenters. The van der Waals surface area contributed by atoms with E-state index in [0.29, 0.717) is 12.0 Å². The van der Waals surface area contributed by atoms with Crippen LogP contribution in [0.1, 0.15) is 82.0 Å². The summed E-state index contributed by atoms with van der Waals surface area (Å²) < 4.78 is 16.3. The molecule has 2 aromatic rings. The first-order chi connectivity index (χ1) is 14.8. The van der Waals surface area contributed by atoms with Crippen molar-refractivity contribution in [3.8, 4) is 0 Å². The maximum Gasteiger partial charge on any atom is 0.125 e. The molecular weight excluding hydrogens is 375 g/mol. The lowest BCUT2D eigenvalue weighted by molar-refractivity contribution is 0.151. The minimum absolute atomic E-state index is 0.183. The van der Waals surface area contributed by atoms with Crippen molar-refractivity contribution >= 4 is 11.0 Å². The Morgan fingerprint density at radius 3 is 2.47 bits per heavy atom. The van der Waals surface area contributed by atoms with Gasteiger partial charge < -0.3 is 14.8 Å². The van der Waals surface area contributed by atoms with Crippen molar-refractivity contribution in [1.82, 2.24) is 19.8 Å². The summed E-state index contributed by atoms with van der Waals surface area (Å²) in [6.07, 6.45) is 13.5. The van der Waals surface area contributed by atoms with Crippen LogP contribution in [0.4, 0.5) is 4.39 Å². The molecular formula is C25H37FN4. The largest absolute Gasteiger partial charge is 0.324 e. The molecule has 3 heterocycles. The first-order valence-corrected chi connectivity index (χ1v) is 12.4. The molecule has 1 unspecified atom stereocenters. The zero-order chi connectivity index (χ0) is 20.3. The molecule has 0 radical (unpaired) electrons. The van der Waals surface area contributed by atoms with E-state index in [9.17, 15) is 4.39 Å². The maximum absolute atomic E-state index is 13.9. The van der Waals surface area contributed by atoms with Gasteiger partial charge in [-0.2, -0.15) is 0 Å². The molecule has 2 saturated heterocycles. The third-order valence-corrected chi connectivity index (χ3v) is 7.77. The number of hydrogen-bond acceptors (Lipinski definition) is 3. The van der Waals surface area contributed by atoms with Crippen molar-refractivity contribution < 1.29 is 4.39 Å². The van der Waals surface area contributed by atoms with Crippen molar-refractivity contribution in [2.75, 3.05) is 32.7 Å². The standard InChI is InChI=1S/C25H37FN4/c26-21-8-9-24-23(16-21)28-25(20-10-13-27-17-20)30(24)22-11-14-29(15-12-22)18-19-6-4-2-1-3-5-7-19/h8-9,16,19-20,22,27H,1-7,10-15,17-18H2. The molecule has 1 saturated carbocycles. The van der Waals surface area contributed by atoms with Crippen LogP contribution in [0, 0.1) is 11.7 Å². The van der Waals surface area contributed by atoms with E-state index < -0.39 is 0 Å². The number of aromatic nitrogens is 2. The molecule has 1 aromatic carbocycles. The Bertz CT molecular complexity index is 825. The molecule has 0 spiro atoms. The molecule has 30 heavy (non-hydrogen) atoms. The molecule has 3 aliphatic rings. The van der Waals surface area contributed by atoms with E-state index in [0.717, 1.165) is 36.5 Å². The second kappa shape index (κ2) is 9.35. The number of halogens is 1. The van der Waals surface area contributed by atoms with Gasteiger partial charge in [0, 0.05) is 44.2 Å². The molecule has 0 amide bonds. The predicted molar refractivity (Wildman–Crippen MR) is 120 cm³/mol. The van der Waals surface area contributed by atoms with Crippen LogP contribution in [0.3, 0.4) is 0 Å². The number of nitrogens with zero attached hydrogens (tertiary/aromatic N) is 3. The Kier molecular flexibility index (Phi) is 6.37. The second-order valence-corrected chi connectivity index (χ2v) is 9.91. The molecule has 1 aromatic heterocycles. The molecule has 2 aliphatic heterocycles. The van der Waals surface area contributed by atoms with Crippen molar-refractivity contribution in [2.24, 2.45) is 5.92 Å². The van der Waals surface area contributed by atoms with E-state index in [4.69, 9.17) is 4.98 Å². The van der Waals surface area contributed by atoms with E-state index in [-0.39, 0.29) is 5.82 Å². The molecule has 1 N–H and O–H groups in total. The van der Waals surface area contributed by atoms with E-state index in [1.807, 2.05) is 6.07 Å². The quantitative estimate of drug-likeness (QED) is 0.745. The van der Waals surface area contributed by atoms with Gasteiger partial charge in [0.2, 0.25) is 0 Å². The zero-order valence-corrected chi connectivity index (χ0v) is 18.3. The number of rotatable bonds is 4.